The summed E-state index contributed by atoms with van der Waals surface area (Å²) in [7, 11) is 0. The van der Waals surface area contributed by atoms with E-state index in [1.165, 1.54) is 0 Å². The molecule has 3 aromatic heterocycles. The number of para-hydroxylation sites is 2. The van der Waals surface area contributed by atoms with Crippen LogP contribution in [0.15, 0.2) is 53.2 Å². The zero-order valence-electron chi connectivity index (χ0n) is 14.6. The molecule has 4 aromatic rings. The molecule has 0 saturated heterocycles. The second-order valence-electron chi connectivity index (χ2n) is 6.20. The van der Waals surface area contributed by atoms with Gasteiger partial charge in [-0.1, -0.05) is 12.1 Å². The van der Waals surface area contributed by atoms with E-state index in [-0.39, 0.29) is 19.1 Å². The maximum absolute atomic E-state index is 12.5. The molecule has 5 rings (SSSR count). The minimum absolute atomic E-state index is 0.157. The Morgan fingerprint density at radius 1 is 1.18 bits per heavy atom. The standard InChI is InChI=1S/C19H15N5O3S/c25-19(16-10-26-14-3-1-2-4-15(14)27-16)20-9-18-22-21-17-6-5-13(23-24(17)18)12-7-8-28-11-12/h1-8,11,16H,9-10H2,(H,20,25). The fraction of sp³-hybridized carbons (Fsp3) is 0.158. The van der Waals surface area contributed by atoms with Gasteiger partial charge in [-0.2, -0.15) is 21.0 Å². The van der Waals surface area contributed by atoms with Crippen molar-refractivity contribution >= 4 is 22.9 Å². The van der Waals surface area contributed by atoms with Crippen LogP contribution in [0.2, 0.25) is 0 Å². The van der Waals surface area contributed by atoms with Gasteiger partial charge in [0.15, 0.2) is 23.0 Å². The van der Waals surface area contributed by atoms with Gasteiger partial charge in [0.1, 0.15) is 6.61 Å². The van der Waals surface area contributed by atoms with Crippen LogP contribution in [0.5, 0.6) is 11.5 Å². The van der Waals surface area contributed by atoms with Crippen LogP contribution >= 0.6 is 11.3 Å². The predicted octanol–water partition coefficient (Wildman–Crippen LogP) is 2.31. The Morgan fingerprint density at radius 2 is 2.07 bits per heavy atom. The molecular formula is C19H15N5O3S. The highest BCUT2D eigenvalue weighted by molar-refractivity contribution is 7.08. The van der Waals surface area contributed by atoms with Crippen molar-refractivity contribution < 1.29 is 14.3 Å². The molecule has 0 spiro atoms. The number of carbonyl (C=O) groups excluding carboxylic acids is 1. The molecule has 1 aliphatic rings. The van der Waals surface area contributed by atoms with Crippen LogP contribution in [-0.2, 0) is 11.3 Å². The Labute approximate surface area is 163 Å². The summed E-state index contributed by atoms with van der Waals surface area (Å²) in [5, 5.41) is 19.7. The molecule has 9 heteroatoms. The maximum atomic E-state index is 12.5. The lowest BCUT2D eigenvalue weighted by atomic mass is 10.2. The Balaban J connectivity index is 1.31. The van der Waals surface area contributed by atoms with E-state index in [1.54, 1.807) is 21.9 Å². The van der Waals surface area contributed by atoms with Gasteiger partial charge in [-0.15, -0.1) is 10.2 Å². The second-order valence-corrected chi connectivity index (χ2v) is 6.98. The molecule has 0 radical (unpaired) electrons. The number of thiophene rings is 1. The summed E-state index contributed by atoms with van der Waals surface area (Å²) in [4.78, 5) is 12.5. The molecule has 1 aromatic carbocycles. The van der Waals surface area contributed by atoms with E-state index >= 15 is 0 Å². The first kappa shape index (κ1) is 16.7. The summed E-state index contributed by atoms with van der Waals surface area (Å²) in [5.74, 6) is 1.46. The molecule has 1 aliphatic heterocycles. The zero-order valence-corrected chi connectivity index (χ0v) is 15.4. The van der Waals surface area contributed by atoms with Crippen LogP contribution in [0, 0.1) is 0 Å². The fourth-order valence-corrected chi connectivity index (χ4v) is 3.59. The minimum atomic E-state index is -0.719. The predicted molar refractivity (Wildman–Crippen MR) is 102 cm³/mol. The number of amides is 1. The number of rotatable bonds is 4. The van der Waals surface area contributed by atoms with Crippen LogP contribution in [0.3, 0.4) is 0 Å². The van der Waals surface area contributed by atoms with Crippen molar-refractivity contribution in [2.24, 2.45) is 0 Å². The average molecular weight is 393 g/mol. The number of fused-ring (bicyclic) bond motifs is 2. The summed E-state index contributed by atoms with van der Waals surface area (Å²) < 4.78 is 13.0. The lowest BCUT2D eigenvalue weighted by molar-refractivity contribution is -0.130. The van der Waals surface area contributed by atoms with Gasteiger partial charge in [-0.05, 0) is 35.7 Å². The van der Waals surface area contributed by atoms with Crippen molar-refractivity contribution in [3.63, 3.8) is 0 Å². The van der Waals surface area contributed by atoms with Crippen LogP contribution in [0.25, 0.3) is 16.9 Å². The molecule has 8 nitrogen and oxygen atoms in total. The Kier molecular flexibility index (Phi) is 4.13. The van der Waals surface area contributed by atoms with Crippen molar-refractivity contribution in [1.82, 2.24) is 25.1 Å². The van der Waals surface area contributed by atoms with Gasteiger partial charge >= 0.3 is 0 Å². The number of aromatic nitrogens is 4. The van der Waals surface area contributed by atoms with Gasteiger partial charge < -0.3 is 14.8 Å². The summed E-state index contributed by atoms with van der Waals surface area (Å²) in [6, 6.07) is 13.0. The molecular weight excluding hydrogens is 378 g/mol. The van der Waals surface area contributed by atoms with E-state index < -0.39 is 6.10 Å². The number of nitrogens with zero attached hydrogens (tertiary/aromatic N) is 4. The highest BCUT2D eigenvalue weighted by Gasteiger charge is 2.27. The molecule has 0 fully saturated rings. The number of carbonyl (C=O) groups is 1. The SMILES string of the molecule is O=C(NCc1nnc2ccc(-c3ccsc3)nn12)C1COc2ccccc2O1. The summed E-state index contributed by atoms with van der Waals surface area (Å²) in [6.45, 7) is 0.339. The molecule has 140 valence electrons. The molecule has 1 amide bonds. The number of benzene rings is 1. The highest BCUT2D eigenvalue weighted by Crippen LogP contribution is 2.30. The molecule has 0 saturated carbocycles. The summed E-state index contributed by atoms with van der Waals surface area (Å²) >= 11 is 1.61. The Morgan fingerprint density at radius 3 is 2.93 bits per heavy atom. The van der Waals surface area contributed by atoms with Crippen molar-refractivity contribution in [1.29, 1.82) is 0 Å². The van der Waals surface area contributed by atoms with Crippen molar-refractivity contribution in [3.05, 3.63) is 59.0 Å². The van der Waals surface area contributed by atoms with Crippen LogP contribution < -0.4 is 14.8 Å². The van der Waals surface area contributed by atoms with E-state index in [4.69, 9.17) is 9.47 Å². The maximum Gasteiger partial charge on any atom is 0.265 e. The molecule has 1 atom stereocenters. The van der Waals surface area contributed by atoms with E-state index in [1.807, 2.05) is 47.2 Å². The third-order valence-corrected chi connectivity index (χ3v) is 5.05. The Bertz CT molecular complexity index is 1140. The molecule has 0 aliphatic carbocycles. The van der Waals surface area contributed by atoms with Crippen LogP contribution in [-0.4, -0.2) is 38.4 Å². The number of hydrogen-bond donors (Lipinski definition) is 1. The third-order valence-electron chi connectivity index (χ3n) is 4.37. The second kappa shape index (κ2) is 6.93. The van der Waals surface area contributed by atoms with E-state index in [2.05, 4.69) is 20.6 Å². The quantitative estimate of drug-likeness (QED) is 0.572. The monoisotopic (exact) mass is 393 g/mol. The number of hydrogen-bond acceptors (Lipinski definition) is 7. The molecule has 1 unspecified atom stereocenters. The van der Waals surface area contributed by atoms with Crippen molar-refractivity contribution in [3.8, 4) is 22.8 Å². The van der Waals surface area contributed by atoms with Crippen LogP contribution in [0.1, 0.15) is 5.82 Å². The number of nitrogens with one attached hydrogen (secondary N) is 1. The van der Waals surface area contributed by atoms with Crippen LogP contribution in [0.4, 0.5) is 0 Å². The van der Waals surface area contributed by atoms with Gasteiger partial charge in [0, 0.05) is 10.9 Å². The lowest BCUT2D eigenvalue weighted by Gasteiger charge is -2.25. The summed E-state index contributed by atoms with van der Waals surface area (Å²) in [5.41, 5.74) is 2.47. The molecule has 0 bridgehead atoms. The topological polar surface area (TPSA) is 90.6 Å². The minimum Gasteiger partial charge on any atom is -0.485 e. The van der Waals surface area contributed by atoms with Gasteiger partial charge in [-0.25, -0.2) is 0 Å². The van der Waals surface area contributed by atoms with E-state index in [0.29, 0.717) is 23.0 Å². The van der Waals surface area contributed by atoms with Gasteiger partial charge in [0.05, 0.1) is 12.2 Å². The van der Waals surface area contributed by atoms with Gasteiger partial charge in [-0.3, -0.25) is 4.79 Å². The molecule has 28 heavy (non-hydrogen) atoms. The van der Waals surface area contributed by atoms with Crippen molar-refractivity contribution in [2.75, 3.05) is 6.61 Å². The zero-order chi connectivity index (χ0) is 18.9. The lowest BCUT2D eigenvalue weighted by Crippen LogP contribution is -2.43. The Hall–Kier alpha value is -3.46. The normalized spacial score (nSPS) is 15.5. The molecule has 4 heterocycles. The van der Waals surface area contributed by atoms with E-state index in [9.17, 15) is 4.79 Å². The van der Waals surface area contributed by atoms with Crippen molar-refractivity contribution in [2.45, 2.75) is 12.6 Å². The first-order valence-corrected chi connectivity index (χ1v) is 9.62. The smallest absolute Gasteiger partial charge is 0.265 e. The summed E-state index contributed by atoms with van der Waals surface area (Å²) in [6.07, 6.45) is -0.719. The first-order valence-electron chi connectivity index (χ1n) is 8.68. The highest BCUT2D eigenvalue weighted by atomic mass is 32.1. The van der Waals surface area contributed by atoms with E-state index in [0.717, 1.165) is 11.3 Å². The van der Waals surface area contributed by atoms with Gasteiger partial charge in [0.25, 0.3) is 5.91 Å². The molecule has 1 N–H and O–H groups in total. The fourth-order valence-electron chi connectivity index (χ4n) is 2.94. The number of ether oxygens (including phenoxy) is 2. The average Bonchev–Trinajstić information content (AvgIpc) is 3.41. The third kappa shape index (κ3) is 3.05. The first-order chi connectivity index (χ1) is 13.8. The van der Waals surface area contributed by atoms with Gasteiger partial charge in [0.2, 0.25) is 6.10 Å². The largest absolute Gasteiger partial charge is 0.485 e.